The Morgan fingerprint density at radius 1 is 1.37 bits per heavy atom. The van der Waals surface area contributed by atoms with Crippen molar-refractivity contribution in [1.82, 2.24) is 14.7 Å². The van der Waals surface area contributed by atoms with Crippen LogP contribution in [0, 0.1) is 11.8 Å². The van der Waals surface area contributed by atoms with Crippen LogP contribution in [-0.4, -0.2) is 39.5 Å². The standard InChI is InChI=1S/C14H21N3O2/c1-14(2,3)19-13(18)17-7-9-10(8-17)12(9)11-5-6-16(4)15-11/h5-6,9-10,12H,7-8H2,1-4H3. The normalized spacial score (nSPS) is 29.3. The van der Waals surface area contributed by atoms with Crippen molar-refractivity contribution in [3.05, 3.63) is 18.0 Å². The van der Waals surface area contributed by atoms with Crippen molar-refractivity contribution >= 4 is 6.09 Å². The molecule has 1 saturated heterocycles. The van der Waals surface area contributed by atoms with Crippen molar-refractivity contribution in [2.75, 3.05) is 13.1 Å². The van der Waals surface area contributed by atoms with Gasteiger partial charge in [-0.2, -0.15) is 5.10 Å². The summed E-state index contributed by atoms with van der Waals surface area (Å²) in [7, 11) is 1.94. The van der Waals surface area contributed by atoms with Crippen molar-refractivity contribution in [3.63, 3.8) is 0 Å². The average Bonchev–Trinajstić information content (AvgIpc) is 2.67. The first kappa shape index (κ1) is 12.5. The molecule has 2 unspecified atom stereocenters. The predicted molar refractivity (Wildman–Crippen MR) is 70.7 cm³/mol. The molecule has 1 aliphatic heterocycles. The molecule has 2 atom stereocenters. The number of rotatable bonds is 1. The quantitative estimate of drug-likeness (QED) is 0.778. The van der Waals surface area contributed by atoms with Gasteiger partial charge < -0.3 is 9.64 Å². The highest BCUT2D eigenvalue weighted by Crippen LogP contribution is 2.57. The molecule has 0 bridgehead atoms. The summed E-state index contributed by atoms with van der Waals surface area (Å²) in [5, 5.41) is 4.47. The van der Waals surface area contributed by atoms with Crippen LogP contribution in [0.25, 0.3) is 0 Å². The van der Waals surface area contributed by atoms with Gasteiger partial charge in [-0.3, -0.25) is 4.68 Å². The fraction of sp³-hybridized carbons (Fsp3) is 0.714. The van der Waals surface area contributed by atoms with E-state index in [9.17, 15) is 4.79 Å². The van der Waals surface area contributed by atoms with Gasteiger partial charge in [0.1, 0.15) is 5.60 Å². The van der Waals surface area contributed by atoms with Crippen molar-refractivity contribution in [2.45, 2.75) is 32.3 Å². The number of hydrogen-bond donors (Lipinski definition) is 0. The number of fused-ring (bicyclic) bond motifs is 1. The summed E-state index contributed by atoms with van der Waals surface area (Å²) in [6.45, 7) is 7.32. The molecule has 0 spiro atoms. The molecule has 3 rings (SSSR count). The van der Waals surface area contributed by atoms with E-state index in [0.29, 0.717) is 17.8 Å². The molecular formula is C14H21N3O2. The van der Waals surface area contributed by atoms with E-state index in [4.69, 9.17) is 4.74 Å². The van der Waals surface area contributed by atoms with Crippen LogP contribution in [-0.2, 0) is 11.8 Å². The molecule has 5 nitrogen and oxygen atoms in total. The second-order valence-electron chi connectivity index (χ2n) is 6.65. The van der Waals surface area contributed by atoms with E-state index in [1.54, 1.807) is 0 Å². The maximum Gasteiger partial charge on any atom is 0.410 e. The van der Waals surface area contributed by atoms with Crippen LogP contribution >= 0.6 is 0 Å². The van der Waals surface area contributed by atoms with Crippen molar-refractivity contribution in [3.8, 4) is 0 Å². The van der Waals surface area contributed by atoms with E-state index in [1.165, 1.54) is 5.69 Å². The molecule has 5 heteroatoms. The zero-order chi connectivity index (χ0) is 13.8. The Morgan fingerprint density at radius 3 is 2.47 bits per heavy atom. The molecule has 1 aromatic rings. The van der Waals surface area contributed by atoms with Gasteiger partial charge in [-0.05, 0) is 38.7 Å². The smallest absolute Gasteiger partial charge is 0.410 e. The van der Waals surface area contributed by atoms with Gasteiger partial charge in [0, 0.05) is 32.3 Å². The topological polar surface area (TPSA) is 47.4 Å². The van der Waals surface area contributed by atoms with Gasteiger partial charge in [0.15, 0.2) is 0 Å². The number of likely N-dealkylation sites (tertiary alicyclic amines) is 1. The average molecular weight is 263 g/mol. The second kappa shape index (κ2) is 3.99. The number of carbonyl (C=O) groups is 1. The highest BCUT2D eigenvalue weighted by molar-refractivity contribution is 5.69. The van der Waals surface area contributed by atoms with E-state index < -0.39 is 5.60 Å². The zero-order valence-electron chi connectivity index (χ0n) is 12.0. The van der Waals surface area contributed by atoms with Crippen LogP contribution in [0.5, 0.6) is 0 Å². The summed E-state index contributed by atoms with van der Waals surface area (Å²) >= 11 is 0. The maximum absolute atomic E-state index is 12.0. The molecule has 2 aliphatic rings. The number of aryl methyl sites for hydroxylation is 1. The van der Waals surface area contributed by atoms with Gasteiger partial charge in [0.25, 0.3) is 0 Å². The first-order valence-corrected chi connectivity index (χ1v) is 6.82. The van der Waals surface area contributed by atoms with Crippen LogP contribution in [0.1, 0.15) is 32.4 Å². The molecule has 2 heterocycles. The summed E-state index contributed by atoms with van der Waals surface area (Å²) in [6, 6.07) is 2.08. The fourth-order valence-corrected chi connectivity index (χ4v) is 3.05. The maximum atomic E-state index is 12.0. The first-order chi connectivity index (χ1) is 8.85. The Bertz CT molecular complexity index is 491. The Hall–Kier alpha value is -1.52. The molecule has 1 saturated carbocycles. The molecule has 1 aliphatic carbocycles. The SMILES string of the molecule is Cn1ccc(C2C3CN(C(=O)OC(C)(C)C)CC32)n1. The van der Waals surface area contributed by atoms with Crippen molar-refractivity contribution < 1.29 is 9.53 Å². The van der Waals surface area contributed by atoms with Crippen LogP contribution in [0.4, 0.5) is 4.79 Å². The first-order valence-electron chi connectivity index (χ1n) is 6.82. The third kappa shape index (κ3) is 2.33. The monoisotopic (exact) mass is 263 g/mol. The Morgan fingerprint density at radius 2 is 2.00 bits per heavy atom. The molecule has 19 heavy (non-hydrogen) atoms. The number of ether oxygens (including phenoxy) is 1. The van der Waals surface area contributed by atoms with Crippen LogP contribution in [0.2, 0.25) is 0 Å². The molecule has 1 amide bonds. The van der Waals surface area contributed by atoms with Gasteiger partial charge in [0.05, 0.1) is 5.69 Å². The summed E-state index contributed by atoms with van der Waals surface area (Å²) < 4.78 is 7.25. The van der Waals surface area contributed by atoms with E-state index in [1.807, 2.05) is 43.6 Å². The van der Waals surface area contributed by atoms with E-state index in [0.717, 1.165) is 13.1 Å². The number of aromatic nitrogens is 2. The van der Waals surface area contributed by atoms with E-state index >= 15 is 0 Å². The summed E-state index contributed by atoms with van der Waals surface area (Å²) in [6.07, 6.45) is 1.80. The number of carbonyl (C=O) groups excluding carboxylic acids is 1. The van der Waals surface area contributed by atoms with Crippen molar-refractivity contribution in [1.29, 1.82) is 0 Å². The molecular weight excluding hydrogens is 242 g/mol. The van der Waals surface area contributed by atoms with Gasteiger partial charge in [0.2, 0.25) is 0 Å². The lowest BCUT2D eigenvalue weighted by molar-refractivity contribution is 0.0270. The molecule has 0 aromatic carbocycles. The van der Waals surface area contributed by atoms with Gasteiger partial charge in [-0.15, -0.1) is 0 Å². The molecule has 0 N–H and O–H groups in total. The number of hydrogen-bond acceptors (Lipinski definition) is 3. The highest BCUT2D eigenvalue weighted by Gasteiger charge is 2.58. The predicted octanol–water partition coefficient (Wildman–Crippen LogP) is 2.00. The van der Waals surface area contributed by atoms with E-state index in [-0.39, 0.29) is 6.09 Å². The Kier molecular flexibility index (Phi) is 2.62. The summed E-state index contributed by atoms with van der Waals surface area (Å²) in [4.78, 5) is 13.8. The van der Waals surface area contributed by atoms with Crippen LogP contribution < -0.4 is 0 Å². The lowest BCUT2D eigenvalue weighted by Crippen LogP contribution is -2.36. The third-order valence-electron chi connectivity index (χ3n) is 3.92. The minimum absolute atomic E-state index is 0.181. The number of amides is 1. The van der Waals surface area contributed by atoms with Crippen LogP contribution in [0.15, 0.2) is 12.3 Å². The Balaban J connectivity index is 1.57. The van der Waals surface area contributed by atoms with E-state index in [2.05, 4.69) is 11.2 Å². The molecule has 1 aromatic heterocycles. The van der Waals surface area contributed by atoms with Gasteiger partial charge in [-0.25, -0.2) is 4.79 Å². The lowest BCUT2D eigenvalue weighted by Gasteiger charge is -2.25. The van der Waals surface area contributed by atoms with Gasteiger partial charge >= 0.3 is 6.09 Å². The lowest BCUT2D eigenvalue weighted by atomic mass is 10.2. The zero-order valence-corrected chi connectivity index (χ0v) is 12.0. The van der Waals surface area contributed by atoms with Crippen molar-refractivity contribution in [2.24, 2.45) is 18.9 Å². The van der Waals surface area contributed by atoms with Crippen LogP contribution in [0.3, 0.4) is 0 Å². The third-order valence-corrected chi connectivity index (χ3v) is 3.92. The minimum atomic E-state index is -0.412. The molecule has 104 valence electrons. The summed E-state index contributed by atoms with van der Waals surface area (Å²) in [5.74, 6) is 1.68. The fourth-order valence-electron chi connectivity index (χ4n) is 3.05. The largest absolute Gasteiger partial charge is 0.444 e. The molecule has 0 radical (unpaired) electrons. The number of nitrogens with zero attached hydrogens (tertiary/aromatic N) is 3. The molecule has 2 fully saturated rings. The minimum Gasteiger partial charge on any atom is -0.444 e. The summed E-state index contributed by atoms with van der Waals surface area (Å²) in [5.41, 5.74) is 0.755. The second-order valence-corrected chi connectivity index (χ2v) is 6.65. The Labute approximate surface area is 113 Å². The van der Waals surface area contributed by atoms with Gasteiger partial charge in [-0.1, -0.05) is 0 Å². The number of piperidine rings is 1. The highest BCUT2D eigenvalue weighted by atomic mass is 16.6.